The smallest absolute Gasteiger partial charge is 0.324 e. The summed E-state index contributed by atoms with van der Waals surface area (Å²) in [6.07, 6.45) is 1.92. The first-order valence-corrected chi connectivity index (χ1v) is 6.48. The third kappa shape index (κ3) is 3.55. The van der Waals surface area contributed by atoms with Gasteiger partial charge in [-0.25, -0.2) is 5.43 Å². The molecule has 4 nitrogen and oxygen atoms in total. The maximum Gasteiger partial charge on any atom is 0.324 e. The van der Waals surface area contributed by atoms with Crippen molar-refractivity contribution in [2.45, 2.75) is 32.4 Å². The van der Waals surface area contributed by atoms with E-state index in [0.29, 0.717) is 12.5 Å². The summed E-state index contributed by atoms with van der Waals surface area (Å²) in [4.78, 5) is 11.9. The van der Waals surface area contributed by atoms with Gasteiger partial charge in [-0.3, -0.25) is 10.2 Å². The lowest BCUT2D eigenvalue weighted by atomic mass is 9.96. The van der Waals surface area contributed by atoms with Gasteiger partial charge in [0.15, 0.2) is 0 Å². The third-order valence-corrected chi connectivity index (χ3v) is 3.32. The Balaban J connectivity index is 1.81. The number of carbonyl (C=O) groups excluding carboxylic acids is 1. The molecule has 0 spiro atoms. The van der Waals surface area contributed by atoms with Crippen LogP contribution in [0, 0.1) is 5.92 Å². The van der Waals surface area contributed by atoms with Gasteiger partial charge >= 0.3 is 5.97 Å². The Morgan fingerprint density at radius 2 is 2.17 bits per heavy atom. The third-order valence-electron chi connectivity index (χ3n) is 3.32. The van der Waals surface area contributed by atoms with Crippen molar-refractivity contribution >= 4 is 5.97 Å². The quantitative estimate of drug-likeness (QED) is 0.795. The van der Waals surface area contributed by atoms with E-state index in [1.54, 1.807) is 0 Å². The number of carbonyl (C=O) groups is 1. The minimum absolute atomic E-state index is 0.176. The van der Waals surface area contributed by atoms with Gasteiger partial charge in [0, 0.05) is 6.54 Å². The second-order valence-corrected chi connectivity index (χ2v) is 4.68. The van der Waals surface area contributed by atoms with Crippen molar-refractivity contribution in [2.75, 3.05) is 6.54 Å². The maximum absolute atomic E-state index is 11.9. The summed E-state index contributed by atoms with van der Waals surface area (Å²) in [6, 6.07) is 9.51. The van der Waals surface area contributed by atoms with Crippen LogP contribution in [0.15, 0.2) is 30.3 Å². The average Bonchev–Trinajstić information content (AvgIpc) is 2.46. The summed E-state index contributed by atoms with van der Waals surface area (Å²) in [6.45, 7) is 3.40. The molecule has 1 unspecified atom stereocenters. The molecule has 2 atom stereocenters. The first-order chi connectivity index (χ1) is 8.79. The molecular weight excluding hydrogens is 228 g/mol. The van der Waals surface area contributed by atoms with E-state index in [4.69, 9.17) is 4.74 Å². The van der Waals surface area contributed by atoms with Gasteiger partial charge in [-0.05, 0) is 17.9 Å². The predicted molar refractivity (Wildman–Crippen MR) is 69.6 cm³/mol. The standard InChI is InChI=1S/C14H20N2O2/c1-2-11-8-13(16-15-9-11)14(17)18-10-12-6-4-3-5-7-12/h3-7,11,13,15-16H,2,8-10H2,1H3/t11-,13?/m1/s1. The van der Waals surface area contributed by atoms with Gasteiger partial charge in [0.2, 0.25) is 0 Å². The van der Waals surface area contributed by atoms with Crippen LogP contribution in [-0.4, -0.2) is 18.6 Å². The van der Waals surface area contributed by atoms with Crippen LogP contribution >= 0.6 is 0 Å². The van der Waals surface area contributed by atoms with Crippen molar-refractivity contribution in [2.24, 2.45) is 5.92 Å². The molecular formula is C14H20N2O2. The van der Waals surface area contributed by atoms with Crippen LogP contribution in [0.4, 0.5) is 0 Å². The highest BCUT2D eigenvalue weighted by atomic mass is 16.5. The Kier molecular flexibility index (Phi) is 4.73. The summed E-state index contributed by atoms with van der Waals surface area (Å²) in [5.41, 5.74) is 7.07. The Bertz CT molecular complexity index is 381. The number of rotatable bonds is 4. The van der Waals surface area contributed by atoms with Crippen molar-refractivity contribution in [1.29, 1.82) is 0 Å². The molecule has 1 aliphatic heterocycles. The van der Waals surface area contributed by atoms with Crippen LogP contribution in [0.5, 0.6) is 0 Å². The molecule has 1 saturated heterocycles. The van der Waals surface area contributed by atoms with Crippen molar-refractivity contribution in [3.8, 4) is 0 Å². The first kappa shape index (κ1) is 13.1. The maximum atomic E-state index is 11.9. The van der Waals surface area contributed by atoms with Crippen molar-refractivity contribution in [3.63, 3.8) is 0 Å². The zero-order valence-electron chi connectivity index (χ0n) is 10.7. The minimum atomic E-state index is -0.229. The van der Waals surface area contributed by atoms with E-state index in [1.165, 1.54) is 0 Å². The number of hydrogen-bond acceptors (Lipinski definition) is 4. The molecule has 4 heteroatoms. The molecule has 1 heterocycles. The minimum Gasteiger partial charge on any atom is -0.460 e. The van der Waals surface area contributed by atoms with E-state index in [9.17, 15) is 4.79 Å². The summed E-state index contributed by atoms with van der Waals surface area (Å²) in [7, 11) is 0. The number of hydrogen-bond donors (Lipinski definition) is 2. The van der Waals surface area contributed by atoms with Crippen LogP contribution in [0.3, 0.4) is 0 Å². The van der Waals surface area contributed by atoms with Crippen LogP contribution in [0.1, 0.15) is 25.3 Å². The molecule has 2 rings (SSSR count). The van der Waals surface area contributed by atoms with Crippen LogP contribution in [0.2, 0.25) is 0 Å². The molecule has 18 heavy (non-hydrogen) atoms. The molecule has 0 aliphatic carbocycles. The molecule has 0 radical (unpaired) electrons. The van der Waals surface area contributed by atoms with E-state index in [1.807, 2.05) is 30.3 Å². The Morgan fingerprint density at radius 3 is 2.89 bits per heavy atom. The second-order valence-electron chi connectivity index (χ2n) is 4.68. The number of benzene rings is 1. The summed E-state index contributed by atoms with van der Waals surface area (Å²) >= 11 is 0. The van der Waals surface area contributed by atoms with E-state index in [2.05, 4.69) is 17.8 Å². The normalized spacial score (nSPS) is 23.6. The fraction of sp³-hybridized carbons (Fsp3) is 0.500. The summed E-state index contributed by atoms with van der Waals surface area (Å²) in [5, 5.41) is 0. The number of hydrazine groups is 1. The van der Waals surface area contributed by atoms with Crippen LogP contribution in [-0.2, 0) is 16.1 Å². The molecule has 0 saturated carbocycles. The molecule has 1 aromatic carbocycles. The molecule has 0 amide bonds. The lowest BCUT2D eigenvalue weighted by molar-refractivity contribution is -0.149. The molecule has 1 aliphatic rings. The van der Waals surface area contributed by atoms with E-state index in [-0.39, 0.29) is 12.0 Å². The summed E-state index contributed by atoms with van der Waals surface area (Å²) < 4.78 is 5.32. The lowest BCUT2D eigenvalue weighted by Crippen LogP contribution is -2.53. The number of ether oxygens (including phenoxy) is 1. The Morgan fingerprint density at radius 1 is 1.39 bits per heavy atom. The molecule has 98 valence electrons. The van der Waals surface area contributed by atoms with Gasteiger partial charge in [0.1, 0.15) is 12.6 Å². The number of esters is 1. The zero-order chi connectivity index (χ0) is 12.8. The van der Waals surface area contributed by atoms with Crippen molar-refractivity contribution in [1.82, 2.24) is 10.9 Å². The van der Waals surface area contributed by atoms with Crippen LogP contribution < -0.4 is 10.9 Å². The van der Waals surface area contributed by atoms with Gasteiger partial charge in [-0.15, -0.1) is 0 Å². The van der Waals surface area contributed by atoms with Gasteiger partial charge < -0.3 is 4.74 Å². The van der Waals surface area contributed by atoms with Gasteiger partial charge in [-0.2, -0.15) is 0 Å². The van der Waals surface area contributed by atoms with E-state index < -0.39 is 0 Å². The second kappa shape index (κ2) is 6.52. The monoisotopic (exact) mass is 248 g/mol. The number of nitrogens with one attached hydrogen (secondary N) is 2. The van der Waals surface area contributed by atoms with E-state index in [0.717, 1.165) is 24.9 Å². The highest BCUT2D eigenvalue weighted by molar-refractivity contribution is 5.75. The highest BCUT2D eigenvalue weighted by Gasteiger charge is 2.26. The fourth-order valence-corrected chi connectivity index (χ4v) is 2.10. The SMILES string of the molecule is CC[C@H]1CNNC(C(=O)OCc2ccccc2)C1. The molecule has 1 aromatic rings. The van der Waals surface area contributed by atoms with Gasteiger partial charge in [0.25, 0.3) is 0 Å². The molecule has 0 aromatic heterocycles. The zero-order valence-corrected chi connectivity index (χ0v) is 10.7. The Hall–Kier alpha value is -1.39. The topological polar surface area (TPSA) is 50.4 Å². The van der Waals surface area contributed by atoms with E-state index >= 15 is 0 Å². The predicted octanol–water partition coefficient (Wildman–Crippen LogP) is 1.62. The molecule has 1 fully saturated rings. The largest absolute Gasteiger partial charge is 0.460 e. The van der Waals surface area contributed by atoms with Gasteiger partial charge in [-0.1, -0.05) is 43.7 Å². The first-order valence-electron chi connectivity index (χ1n) is 6.48. The lowest BCUT2D eigenvalue weighted by Gasteiger charge is -2.28. The highest BCUT2D eigenvalue weighted by Crippen LogP contribution is 2.14. The fourth-order valence-electron chi connectivity index (χ4n) is 2.10. The van der Waals surface area contributed by atoms with Crippen molar-refractivity contribution < 1.29 is 9.53 Å². The summed E-state index contributed by atoms with van der Waals surface area (Å²) in [5.74, 6) is 0.366. The van der Waals surface area contributed by atoms with Crippen molar-refractivity contribution in [3.05, 3.63) is 35.9 Å². The molecule has 0 bridgehead atoms. The van der Waals surface area contributed by atoms with Gasteiger partial charge in [0.05, 0.1) is 0 Å². The molecule has 2 N–H and O–H groups in total. The van der Waals surface area contributed by atoms with Crippen LogP contribution in [0.25, 0.3) is 0 Å². The Labute approximate surface area is 108 Å². The average molecular weight is 248 g/mol.